The monoisotopic (exact) mass is 233 g/mol. The van der Waals surface area contributed by atoms with Gasteiger partial charge in [0.05, 0.1) is 24.0 Å². The van der Waals surface area contributed by atoms with Crippen molar-refractivity contribution in [2.75, 3.05) is 0 Å². The van der Waals surface area contributed by atoms with Gasteiger partial charge in [-0.15, -0.1) is 0 Å². The fourth-order valence-electron chi connectivity index (χ4n) is 1.88. The molecule has 0 saturated carbocycles. The van der Waals surface area contributed by atoms with Crippen LogP contribution in [0, 0.1) is 0 Å². The van der Waals surface area contributed by atoms with Gasteiger partial charge in [0.15, 0.2) is 0 Å². The standard InChI is InChI=1S/C13H19N3O/c1-4-12-7-13(15(3)14-12)9-16-6-5-11(8-16)10(2)17/h5-8,10,17H,4,9H2,1-3H3. The third kappa shape index (κ3) is 2.58. The second-order valence-electron chi connectivity index (χ2n) is 4.40. The summed E-state index contributed by atoms with van der Waals surface area (Å²) in [6.07, 6.45) is 4.51. The van der Waals surface area contributed by atoms with E-state index in [0.29, 0.717) is 0 Å². The average Bonchev–Trinajstić information content (AvgIpc) is 2.87. The number of nitrogens with zero attached hydrogens (tertiary/aromatic N) is 3. The Morgan fingerprint density at radius 1 is 1.47 bits per heavy atom. The largest absolute Gasteiger partial charge is 0.389 e. The Hall–Kier alpha value is -1.55. The summed E-state index contributed by atoms with van der Waals surface area (Å²) < 4.78 is 3.99. The van der Waals surface area contributed by atoms with Gasteiger partial charge in [-0.05, 0) is 31.0 Å². The zero-order valence-electron chi connectivity index (χ0n) is 10.6. The van der Waals surface area contributed by atoms with Crippen molar-refractivity contribution in [1.82, 2.24) is 14.3 Å². The summed E-state index contributed by atoms with van der Waals surface area (Å²) in [4.78, 5) is 0. The van der Waals surface area contributed by atoms with Crippen molar-refractivity contribution >= 4 is 0 Å². The van der Waals surface area contributed by atoms with Gasteiger partial charge in [-0.3, -0.25) is 4.68 Å². The van der Waals surface area contributed by atoms with Crippen LogP contribution in [-0.2, 0) is 20.0 Å². The molecule has 4 heteroatoms. The lowest BCUT2D eigenvalue weighted by Gasteiger charge is -2.03. The van der Waals surface area contributed by atoms with Gasteiger partial charge >= 0.3 is 0 Å². The van der Waals surface area contributed by atoms with Crippen molar-refractivity contribution in [1.29, 1.82) is 0 Å². The first kappa shape index (κ1) is 11.9. The Labute approximate surface area is 101 Å². The maximum Gasteiger partial charge on any atom is 0.0776 e. The lowest BCUT2D eigenvalue weighted by Crippen LogP contribution is -2.03. The molecule has 0 aliphatic carbocycles. The highest BCUT2D eigenvalue weighted by molar-refractivity contribution is 5.16. The van der Waals surface area contributed by atoms with E-state index in [1.807, 2.05) is 30.2 Å². The number of hydrogen-bond donors (Lipinski definition) is 1. The molecule has 0 bridgehead atoms. The second-order valence-corrected chi connectivity index (χ2v) is 4.40. The molecule has 1 unspecified atom stereocenters. The van der Waals surface area contributed by atoms with E-state index < -0.39 is 6.10 Å². The van der Waals surface area contributed by atoms with Crippen LogP contribution < -0.4 is 0 Å². The Morgan fingerprint density at radius 3 is 2.76 bits per heavy atom. The molecule has 1 N–H and O–H groups in total. The lowest BCUT2D eigenvalue weighted by molar-refractivity contribution is 0.199. The first-order valence-corrected chi connectivity index (χ1v) is 5.95. The maximum atomic E-state index is 9.47. The van der Waals surface area contributed by atoms with E-state index in [4.69, 9.17) is 0 Å². The molecule has 0 radical (unpaired) electrons. The predicted octanol–water partition coefficient (Wildman–Crippen LogP) is 1.89. The van der Waals surface area contributed by atoms with E-state index in [1.165, 1.54) is 5.69 Å². The molecule has 0 amide bonds. The molecule has 2 heterocycles. The molecule has 0 aliphatic rings. The van der Waals surface area contributed by atoms with E-state index >= 15 is 0 Å². The Morgan fingerprint density at radius 2 is 2.24 bits per heavy atom. The molecular formula is C13H19N3O. The van der Waals surface area contributed by atoms with E-state index in [-0.39, 0.29) is 0 Å². The van der Waals surface area contributed by atoms with Crippen LogP contribution in [0.4, 0.5) is 0 Å². The van der Waals surface area contributed by atoms with Crippen molar-refractivity contribution in [3.63, 3.8) is 0 Å². The molecule has 0 saturated heterocycles. The molecule has 1 atom stereocenters. The van der Waals surface area contributed by atoms with E-state index in [1.54, 1.807) is 6.92 Å². The third-order valence-corrected chi connectivity index (χ3v) is 2.99. The van der Waals surface area contributed by atoms with Crippen LogP contribution in [0.1, 0.15) is 36.9 Å². The zero-order chi connectivity index (χ0) is 12.4. The summed E-state index contributed by atoms with van der Waals surface area (Å²) in [5.41, 5.74) is 3.24. The Kier molecular flexibility index (Phi) is 3.33. The Bertz CT molecular complexity index is 496. The SMILES string of the molecule is CCc1cc(Cn2ccc(C(C)O)c2)n(C)n1. The molecule has 4 nitrogen and oxygen atoms in total. The molecule has 2 aromatic heterocycles. The maximum absolute atomic E-state index is 9.47. The molecule has 0 fully saturated rings. The first-order chi connectivity index (χ1) is 8.10. The quantitative estimate of drug-likeness (QED) is 0.876. The van der Waals surface area contributed by atoms with Crippen molar-refractivity contribution in [2.24, 2.45) is 7.05 Å². The van der Waals surface area contributed by atoms with Crippen LogP contribution in [0.25, 0.3) is 0 Å². The number of hydrogen-bond acceptors (Lipinski definition) is 2. The summed E-state index contributed by atoms with van der Waals surface area (Å²) in [7, 11) is 1.97. The molecular weight excluding hydrogens is 214 g/mol. The molecule has 2 aromatic rings. The average molecular weight is 233 g/mol. The third-order valence-electron chi connectivity index (χ3n) is 2.99. The van der Waals surface area contributed by atoms with Crippen molar-refractivity contribution < 1.29 is 5.11 Å². The van der Waals surface area contributed by atoms with Gasteiger partial charge in [-0.2, -0.15) is 5.10 Å². The van der Waals surface area contributed by atoms with Gasteiger partial charge in [0.2, 0.25) is 0 Å². The molecule has 0 spiro atoms. The predicted molar refractivity (Wildman–Crippen MR) is 66.8 cm³/mol. The van der Waals surface area contributed by atoms with Gasteiger partial charge in [-0.1, -0.05) is 6.92 Å². The van der Waals surface area contributed by atoms with Crippen LogP contribution in [0.15, 0.2) is 24.5 Å². The summed E-state index contributed by atoms with van der Waals surface area (Å²) >= 11 is 0. The molecule has 92 valence electrons. The summed E-state index contributed by atoms with van der Waals surface area (Å²) in [6.45, 7) is 4.67. The van der Waals surface area contributed by atoms with Crippen LogP contribution >= 0.6 is 0 Å². The summed E-state index contributed by atoms with van der Waals surface area (Å²) in [5, 5.41) is 13.9. The highest BCUT2D eigenvalue weighted by Gasteiger charge is 2.06. The minimum atomic E-state index is -0.408. The number of aromatic nitrogens is 3. The smallest absolute Gasteiger partial charge is 0.0776 e. The summed E-state index contributed by atoms with van der Waals surface area (Å²) in [6, 6.07) is 4.07. The van der Waals surface area contributed by atoms with E-state index in [0.717, 1.165) is 24.2 Å². The van der Waals surface area contributed by atoms with E-state index in [2.05, 4.69) is 22.7 Å². The van der Waals surface area contributed by atoms with Gasteiger partial charge in [0, 0.05) is 19.4 Å². The molecule has 2 rings (SSSR count). The van der Waals surface area contributed by atoms with Crippen LogP contribution in [0.2, 0.25) is 0 Å². The first-order valence-electron chi connectivity index (χ1n) is 5.95. The van der Waals surface area contributed by atoms with Crippen LogP contribution in [-0.4, -0.2) is 19.5 Å². The van der Waals surface area contributed by atoms with Crippen molar-refractivity contribution in [3.8, 4) is 0 Å². The van der Waals surface area contributed by atoms with Crippen molar-refractivity contribution in [3.05, 3.63) is 41.5 Å². The highest BCUT2D eigenvalue weighted by Crippen LogP contribution is 2.13. The van der Waals surface area contributed by atoms with Crippen LogP contribution in [0.5, 0.6) is 0 Å². The zero-order valence-corrected chi connectivity index (χ0v) is 10.6. The Balaban J connectivity index is 2.16. The van der Waals surface area contributed by atoms with Crippen LogP contribution in [0.3, 0.4) is 0 Å². The summed E-state index contributed by atoms with van der Waals surface area (Å²) in [5.74, 6) is 0. The van der Waals surface area contributed by atoms with Gasteiger partial charge in [0.1, 0.15) is 0 Å². The minimum absolute atomic E-state index is 0.408. The number of rotatable bonds is 4. The highest BCUT2D eigenvalue weighted by atomic mass is 16.3. The fraction of sp³-hybridized carbons (Fsp3) is 0.462. The number of aryl methyl sites for hydroxylation is 2. The van der Waals surface area contributed by atoms with Gasteiger partial charge < -0.3 is 9.67 Å². The van der Waals surface area contributed by atoms with Crippen molar-refractivity contribution in [2.45, 2.75) is 32.9 Å². The molecule has 0 aliphatic heterocycles. The van der Waals surface area contributed by atoms with E-state index in [9.17, 15) is 5.11 Å². The molecule has 0 aromatic carbocycles. The lowest BCUT2D eigenvalue weighted by atomic mass is 10.2. The number of aliphatic hydroxyl groups excluding tert-OH is 1. The topological polar surface area (TPSA) is 43.0 Å². The molecule has 17 heavy (non-hydrogen) atoms. The second kappa shape index (κ2) is 4.75. The van der Waals surface area contributed by atoms with Gasteiger partial charge in [-0.25, -0.2) is 0 Å². The van der Waals surface area contributed by atoms with Gasteiger partial charge in [0.25, 0.3) is 0 Å². The normalized spacial score (nSPS) is 12.9. The number of aliphatic hydroxyl groups is 1. The fourth-order valence-corrected chi connectivity index (χ4v) is 1.88. The minimum Gasteiger partial charge on any atom is -0.389 e.